The van der Waals surface area contributed by atoms with Crippen LogP contribution >= 0.6 is 0 Å². The normalized spacial score (nSPS) is 12.0. The topological polar surface area (TPSA) is 19.9 Å². The maximum absolute atomic E-state index is 10.3. The second kappa shape index (κ2) is 17.8. The van der Waals surface area contributed by atoms with Gasteiger partial charge < -0.3 is 0 Å². The summed E-state index contributed by atoms with van der Waals surface area (Å²) < 4.78 is 0. The highest BCUT2D eigenvalue weighted by Crippen LogP contribution is 2.22. The highest BCUT2D eigenvalue weighted by molar-refractivity contribution is 4.61. The van der Waals surface area contributed by atoms with Crippen molar-refractivity contribution in [1.82, 2.24) is 0 Å². The van der Waals surface area contributed by atoms with E-state index in [0.717, 1.165) is 12.8 Å². The summed E-state index contributed by atoms with van der Waals surface area (Å²) in [7, 11) is 0. The quantitative estimate of drug-likeness (QED) is 0.223. The van der Waals surface area contributed by atoms with E-state index in [2.05, 4.69) is 20.8 Å². The third kappa shape index (κ3) is 22.0. The van der Waals surface area contributed by atoms with Gasteiger partial charge in [-0.25, -0.2) is 5.11 Å². The molecule has 0 aromatic carbocycles. The molecule has 0 aromatic heterocycles. The molecule has 0 rings (SSSR count). The SMILES string of the molecule is CC(C)(C)CCCCCCCCCCCCCCCCCCC[O]. The highest BCUT2D eigenvalue weighted by atomic mass is 16.2. The van der Waals surface area contributed by atoms with Crippen LogP contribution in [0.3, 0.4) is 0 Å². The van der Waals surface area contributed by atoms with Crippen LogP contribution in [0.5, 0.6) is 0 Å². The van der Waals surface area contributed by atoms with Crippen LogP contribution in [0.15, 0.2) is 0 Å². The summed E-state index contributed by atoms with van der Waals surface area (Å²) >= 11 is 0. The number of hydrogen-bond acceptors (Lipinski definition) is 0. The predicted octanol–water partition coefficient (Wildman–Crippen LogP) is 8.48. The van der Waals surface area contributed by atoms with Crippen LogP contribution in [0.4, 0.5) is 0 Å². The van der Waals surface area contributed by atoms with Gasteiger partial charge in [-0.3, -0.25) is 0 Å². The van der Waals surface area contributed by atoms with Crippen molar-refractivity contribution in [3.05, 3.63) is 0 Å². The molecular weight excluding hydrogens is 292 g/mol. The van der Waals surface area contributed by atoms with Crippen molar-refractivity contribution in [2.45, 2.75) is 136 Å². The lowest BCUT2D eigenvalue weighted by molar-refractivity contribution is 0.186. The Bertz CT molecular complexity index is 229. The third-order valence-corrected chi connectivity index (χ3v) is 5.07. The first-order valence-electron chi connectivity index (χ1n) is 11.1. The smallest absolute Gasteiger partial charge is 0.0822 e. The van der Waals surface area contributed by atoms with E-state index in [1.807, 2.05) is 0 Å². The van der Waals surface area contributed by atoms with Crippen LogP contribution in [0.25, 0.3) is 0 Å². The van der Waals surface area contributed by atoms with Gasteiger partial charge in [0.1, 0.15) is 0 Å². The molecule has 24 heavy (non-hydrogen) atoms. The van der Waals surface area contributed by atoms with E-state index in [-0.39, 0.29) is 6.61 Å². The Kier molecular flexibility index (Phi) is 17.7. The van der Waals surface area contributed by atoms with Crippen molar-refractivity contribution in [2.75, 3.05) is 6.61 Å². The second-order valence-electron chi connectivity index (χ2n) is 9.03. The molecule has 0 amide bonds. The summed E-state index contributed by atoms with van der Waals surface area (Å²) in [6, 6.07) is 0. The van der Waals surface area contributed by atoms with Gasteiger partial charge in [-0.15, -0.1) is 0 Å². The van der Waals surface area contributed by atoms with Gasteiger partial charge in [-0.2, -0.15) is 0 Å². The molecule has 0 aliphatic rings. The van der Waals surface area contributed by atoms with Crippen LogP contribution in [0.1, 0.15) is 136 Å². The van der Waals surface area contributed by atoms with Gasteiger partial charge >= 0.3 is 0 Å². The Morgan fingerprint density at radius 3 is 0.917 bits per heavy atom. The Morgan fingerprint density at radius 1 is 0.417 bits per heavy atom. The summed E-state index contributed by atoms with van der Waals surface area (Å²) in [6.07, 6.45) is 24.7. The molecule has 0 saturated carbocycles. The fourth-order valence-corrected chi connectivity index (χ4v) is 3.41. The largest absolute Gasteiger partial charge is 0.237 e. The van der Waals surface area contributed by atoms with Gasteiger partial charge in [-0.1, -0.05) is 124 Å². The van der Waals surface area contributed by atoms with Crippen molar-refractivity contribution in [1.29, 1.82) is 0 Å². The zero-order valence-electron chi connectivity index (χ0n) is 17.3. The maximum Gasteiger partial charge on any atom is 0.0822 e. The van der Waals surface area contributed by atoms with Crippen LogP contribution in [-0.2, 0) is 5.11 Å². The molecule has 0 unspecified atom stereocenters. The summed E-state index contributed by atoms with van der Waals surface area (Å²) in [6.45, 7) is 7.18. The molecule has 0 saturated heterocycles. The molecule has 0 aromatic rings. The number of unbranched alkanes of at least 4 members (excludes halogenated alkanes) is 16. The molecular formula is C23H47O. The predicted molar refractivity (Wildman–Crippen MR) is 108 cm³/mol. The number of rotatable bonds is 18. The van der Waals surface area contributed by atoms with E-state index in [9.17, 15) is 5.11 Å². The average Bonchev–Trinajstić information content (AvgIpc) is 2.52. The van der Waals surface area contributed by atoms with Crippen LogP contribution in [0.2, 0.25) is 0 Å². The van der Waals surface area contributed by atoms with Gasteiger partial charge in [0.15, 0.2) is 0 Å². The highest BCUT2D eigenvalue weighted by Gasteiger charge is 2.08. The fourth-order valence-electron chi connectivity index (χ4n) is 3.41. The van der Waals surface area contributed by atoms with Crippen molar-refractivity contribution in [2.24, 2.45) is 5.41 Å². The first-order chi connectivity index (χ1) is 11.6. The van der Waals surface area contributed by atoms with Gasteiger partial charge in [-0.05, 0) is 18.3 Å². The molecule has 145 valence electrons. The van der Waals surface area contributed by atoms with E-state index < -0.39 is 0 Å². The van der Waals surface area contributed by atoms with Crippen LogP contribution < -0.4 is 0 Å². The first kappa shape index (κ1) is 24.0. The molecule has 0 fully saturated rings. The Balaban J connectivity index is 3.00. The molecule has 0 atom stereocenters. The van der Waals surface area contributed by atoms with Gasteiger partial charge in [0.2, 0.25) is 0 Å². The third-order valence-electron chi connectivity index (χ3n) is 5.07. The zero-order chi connectivity index (χ0) is 17.9. The fraction of sp³-hybridized carbons (Fsp3) is 1.00. The maximum atomic E-state index is 10.3. The molecule has 0 aliphatic carbocycles. The Morgan fingerprint density at radius 2 is 0.667 bits per heavy atom. The summed E-state index contributed by atoms with van der Waals surface area (Å²) in [5, 5.41) is 10.3. The summed E-state index contributed by atoms with van der Waals surface area (Å²) in [4.78, 5) is 0. The van der Waals surface area contributed by atoms with Crippen molar-refractivity contribution < 1.29 is 5.11 Å². The summed E-state index contributed by atoms with van der Waals surface area (Å²) in [5.74, 6) is 0. The molecule has 0 N–H and O–H groups in total. The minimum Gasteiger partial charge on any atom is -0.237 e. The Labute approximate surface area is 154 Å². The monoisotopic (exact) mass is 339 g/mol. The van der Waals surface area contributed by atoms with Crippen LogP contribution in [0, 0.1) is 5.41 Å². The standard InChI is InChI=1S/C23H47O/c1-23(2,3)21-19-17-15-13-11-9-7-5-4-6-8-10-12-14-16-18-20-22-24/h4-22H2,1-3H3. The summed E-state index contributed by atoms with van der Waals surface area (Å²) in [5.41, 5.74) is 0.525. The Hall–Kier alpha value is -0.0400. The van der Waals surface area contributed by atoms with E-state index in [1.54, 1.807) is 0 Å². The lowest BCUT2D eigenvalue weighted by atomic mass is 9.89. The van der Waals surface area contributed by atoms with E-state index in [0.29, 0.717) is 5.41 Å². The average molecular weight is 340 g/mol. The van der Waals surface area contributed by atoms with Gasteiger partial charge in [0.05, 0.1) is 6.61 Å². The van der Waals surface area contributed by atoms with E-state index >= 15 is 0 Å². The van der Waals surface area contributed by atoms with Gasteiger partial charge in [0, 0.05) is 0 Å². The van der Waals surface area contributed by atoms with Crippen molar-refractivity contribution >= 4 is 0 Å². The molecule has 0 bridgehead atoms. The lowest BCUT2D eigenvalue weighted by Gasteiger charge is -2.17. The minimum atomic E-state index is 0.122. The van der Waals surface area contributed by atoms with E-state index in [4.69, 9.17) is 0 Å². The lowest BCUT2D eigenvalue weighted by Crippen LogP contribution is -2.03. The number of hydrogen-bond donors (Lipinski definition) is 0. The van der Waals surface area contributed by atoms with Crippen molar-refractivity contribution in [3.63, 3.8) is 0 Å². The first-order valence-corrected chi connectivity index (χ1v) is 11.1. The zero-order valence-corrected chi connectivity index (χ0v) is 17.3. The van der Waals surface area contributed by atoms with E-state index in [1.165, 1.54) is 103 Å². The molecule has 0 heterocycles. The molecule has 0 aliphatic heterocycles. The molecule has 0 spiro atoms. The minimum absolute atomic E-state index is 0.122. The molecule has 1 nitrogen and oxygen atoms in total. The molecule has 1 radical (unpaired) electrons. The van der Waals surface area contributed by atoms with Crippen LogP contribution in [-0.4, -0.2) is 6.61 Å². The second-order valence-corrected chi connectivity index (χ2v) is 9.03. The van der Waals surface area contributed by atoms with Crippen molar-refractivity contribution in [3.8, 4) is 0 Å². The van der Waals surface area contributed by atoms with Gasteiger partial charge in [0.25, 0.3) is 0 Å². The molecule has 1 heteroatoms.